The number of rotatable bonds is 6. The largest absolute Gasteiger partial charge is 0.389 e. The van der Waals surface area contributed by atoms with Crippen molar-refractivity contribution in [2.75, 3.05) is 6.54 Å². The topological polar surface area (TPSA) is 24.9 Å². The molecule has 0 aliphatic heterocycles. The van der Waals surface area contributed by atoms with Crippen LogP contribution >= 0.6 is 0 Å². The number of aromatic nitrogens is 1. The van der Waals surface area contributed by atoms with Gasteiger partial charge in [-0.2, -0.15) is 13.2 Å². The van der Waals surface area contributed by atoms with E-state index in [2.05, 4.69) is 10.3 Å². The maximum Gasteiger partial charge on any atom is 0.389 e. The molecule has 0 aliphatic carbocycles. The maximum atomic E-state index is 12.2. The number of pyridine rings is 1. The fourth-order valence-electron chi connectivity index (χ4n) is 1.67. The van der Waals surface area contributed by atoms with Crippen molar-refractivity contribution >= 4 is 0 Å². The Hall–Kier alpha value is -1.10. The number of hydrogen-bond acceptors (Lipinski definition) is 2. The van der Waals surface area contributed by atoms with E-state index in [0.29, 0.717) is 13.0 Å². The van der Waals surface area contributed by atoms with Crippen LogP contribution in [0.4, 0.5) is 13.2 Å². The fourth-order valence-corrected chi connectivity index (χ4v) is 1.67. The van der Waals surface area contributed by atoms with Gasteiger partial charge in [0.2, 0.25) is 0 Å². The first kappa shape index (κ1) is 14.0. The first-order valence-corrected chi connectivity index (χ1v) is 5.71. The van der Waals surface area contributed by atoms with E-state index in [9.17, 15) is 13.2 Å². The molecule has 96 valence electrons. The van der Waals surface area contributed by atoms with Gasteiger partial charge in [0.15, 0.2) is 0 Å². The number of nitrogens with one attached hydrogen (secondary N) is 1. The van der Waals surface area contributed by atoms with Crippen LogP contribution < -0.4 is 5.32 Å². The molecule has 0 aromatic carbocycles. The van der Waals surface area contributed by atoms with E-state index in [4.69, 9.17) is 0 Å². The van der Waals surface area contributed by atoms with Gasteiger partial charge in [0.05, 0.1) is 0 Å². The zero-order chi connectivity index (χ0) is 12.7. The van der Waals surface area contributed by atoms with Crippen molar-refractivity contribution in [1.82, 2.24) is 10.3 Å². The second-order valence-corrected chi connectivity index (χ2v) is 3.93. The second-order valence-electron chi connectivity index (χ2n) is 3.93. The molecule has 0 saturated heterocycles. The molecular formula is C12H17F3N2. The molecule has 17 heavy (non-hydrogen) atoms. The summed E-state index contributed by atoms with van der Waals surface area (Å²) >= 11 is 0. The van der Waals surface area contributed by atoms with Crippen LogP contribution in [0, 0.1) is 0 Å². The molecule has 0 spiro atoms. The van der Waals surface area contributed by atoms with Gasteiger partial charge in [-0.15, -0.1) is 0 Å². The first-order chi connectivity index (χ1) is 8.01. The van der Waals surface area contributed by atoms with Gasteiger partial charge in [-0.05, 0) is 25.1 Å². The predicted molar refractivity (Wildman–Crippen MR) is 60.7 cm³/mol. The van der Waals surface area contributed by atoms with Gasteiger partial charge in [0.1, 0.15) is 0 Å². The fraction of sp³-hybridized carbons (Fsp3) is 0.583. The molecule has 0 aliphatic rings. The minimum absolute atomic E-state index is 0.0912. The third-order valence-corrected chi connectivity index (χ3v) is 2.45. The highest BCUT2D eigenvalue weighted by atomic mass is 19.4. The van der Waals surface area contributed by atoms with Crippen molar-refractivity contribution < 1.29 is 13.2 Å². The lowest BCUT2D eigenvalue weighted by molar-refractivity contribution is -0.136. The Kier molecular flexibility index (Phi) is 5.41. The molecule has 5 heteroatoms. The number of hydrogen-bond donors (Lipinski definition) is 1. The van der Waals surface area contributed by atoms with Gasteiger partial charge in [-0.3, -0.25) is 4.98 Å². The summed E-state index contributed by atoms with van der Waals surface area (Å²) < 4.78 is 36.5. The van der Waals surface area contributed by atoms with Gasteiger partial charge in [0.25, 0.3) is 0 Å². The molecule has 1 aromatic rings. The molecule has 1 unspecified atom stereocenters. The zero-order valence-corrected chi connectivity index (χ0v) is 9.80. The molecule has 1 atom stereocenters. The Bertz CT molecular complexity index is 311. The summed E-state index contributed by atoms with van der Waals surface area (Å²) in [5, 5.41) is 3.06. The average molecular weight is 246 g/mol. The van der Waals surface area contributed by atoms with Crippen LogP contribution in [-0.4, -0.2) is 23.7 Å². The van der Waals surface area contributed by atoms with Crippen LogP contribution in [0.2, 0.25) is 0 Å². The summed E-state index contributed by atoms with van der Waals surface area (Å²) in [7, 11) is 0. The highest BCUT2D eigenvalue weighted by Gasteiger charge is 2.28. The molecule has 0 bridgehead atoms. The quantitative estimate of drug-likeness (QED) is 0.834. The van der Waals surface area contributed by atoms with Gasteiger partial charge >= 0.3 is 6.18 Å². The van der Waals surface area contributed by atoms with Crippen LogP contribution in [0.25, 0.3) is 0 Å². The predicted octanol–water partition coefficient (Wildman–Crippen LogP) is 2.94. The Morgan fingerprint density at radius 1 is 1.35 bits per heavy atom. The average Bonchev–Trinajstić information content (AvgIpc) is 2.27. The summed E-state index contributed by atoms with van der Waals surface area (Å²) in [5.74, 6) is 0. The summed E-state index contributed by atoms with van der Waals surface area (Å²) in [6.07, 6.45) is -2.56. The lowest BCUT2D eigenvalue weighted by Crippen LogP contribution is -2.32. The minimum atomic E-state index is -4.09. The Labute approximate surface area is 99.3 Å². The summed E-state index contributed by atoms with van der Waals surface area (Å²) in [4.78, 5) is 4.12. The normalized spacial score (nSPS) is 13.6. The molecule has 1 aromatic heterocycles. The highest BCUT2D eigenvalue weighted by Crippen LogP contribution is 2.22. The van der Waals surface area contributed by atoms with Crippen LogP contribution in [0.1, 0.15) is 25.5 Å². The Morgan fingerprint density at radius 2 is 2.12 bits per heavy atom. The SMILES string of the molecule is CCNC(CCC(F)(F)F)Cc1ccccn1. The van der Waals surface area contributed by atoms with Gasteiger partial charge in [0, 0.05) is 30.8 Å². The van der Waals surface area contributed by atoms with Crippen LogP contribution in [0.15, 0.2) is 24.4 Å². The summed E-state index contributed by atoms with van der Waals surface area (Å²) in [5.41, 5.74) is 0.820. The van der Waals surface area contributed by atoms with Gasteiger partial charge in [-0.25, -0.2) is 0 Å². The van der Waals surface area contributed by atoms with E-state index in [1.165, 1.54) is 0 Å². The summed E-state index contributed by atoms with van der Waals surface area (Å²) in [6.45, 7) is 2.55. The van der Waals surface area contributed by atoms with Crippen molar-refractivity contribution in [1.29, 1.82) is 0 Å². The van der Waals surface area contributed by atoms with Gasteiger partial charge < -0.3 is 5.32 Å². The lowest BCUT2D eigenvalue weighted by Gasteiger charge is -2.18. The van der Waals surface area contributed by atoms with E-state index in [0.717, 1.165) is 5.69 Å². The highest BCUT2D eigenvalue weighted by molar-refractivity contribution is 5.05. The van der Waals surface area contributed by atoms with Gasteiger partial charge in [-0.1, -0.05) is 13.0 Å². The number of likely N-dealkylation sites (N-methyl/N-ethyl adjacent to an activating group) is 1. The van der Waals surface area contributed by atoms with Crippen molar-refractivity contribution in [3.63, 3.8) is 0 Å². The Balaban J connectivity index is 2.49. The lowest BCUT2D eigenvalue weighted by atomic mass is 10.1. The van der Waals surface area contributed by atoms with Crippen LogP contribution in [0.5, 0.6) is 0 Å². The second kappa shape index (κ2) is 6.59. The molecule has 1 N–H and O–H groups in total. The van der Waals surface area contributed by atoms with Crippen LogP contribution in [-0.2, 0) is 6.42 Å². The van der Waals surface area contributed by atoms with E-state index < -0.39 is 12.6 Å². The van der Waals surface area contributed by atoms with E-state index in [1.807, 2.05) is 19.1 Å². The standard InChI is InChI=1S/C12H17F3N2/c1-2-16-11(6-7-12(13,14)15)9-10-5-3-4-8-17-10/h3-5,8,11,16H,2,6-7,9H2,1H3. The minimum Gasteiger partial charge on any atom is -0.314 e. The zero-order valence-electron chi connectivity index (χ0n) is 9.80. The summed E-state index contributed by atoms with van der Waals surface area (Å²) in [6, 6.07) is 5.30. The van der Waals surface area contributed by atoms with Crippen molar-refractivity contribution in [2.45, 2.75) is 38.4 Å². The maximum absolute atomic E-state index is 12.2. The monoisotopic (exact) mass is 246 g/mol. The number of halogens is 3. The number of nitrogens with zero attached hydrogens (tertiary/aromatic N) is 1. The molecule has 1 heterocycles. The molecule has 2 nitrogen and oxygen atoms in total. The van der Waals surface area contributed by atoms with Crippen molar-refractivity contribution in [2.24, 2.45) is 0 Å². The molecule has 0 radical (unpaired) electrons. The van der Waals surface area contributed by atoms with E-state index in [1.54, 1.807) is 12.3 Å². The molecule has 1 rings (SSSR count). The molecule has 0 amide bonds. The van der Waals surface area contributed by atoms with Crippen molar-refractivity contribution in [3.8, 4) is 0 Å². The van der Waals surface area contributed by atoms with E-state index >= 15 is 0 Å². The molecule has 0 fully saturated rings. The van der Waals surface area contributed by atoms with Crippen molar-refractivity contribution in [3.05, 3.63) is 30.1 Å². The molecular weight excluding hydrogens is 229 g/mol. The third kappa shape index (κ3) is 6.26. The van der Waals surface area contributed by atoms with Crippen LogP contribution in [0.3, 0.4) is 0 Å². The van der Waals surface area contributed by atoms with E-state index in [-0.39, 0.29) is 12.5 Å². The third-order valence-electron chi connectivity index (χ3n) is 2.45. The smallest absolute Gasteiger partial charge is 0.314 e. The first-order valence-electron chi connectivity index (χ1n) is 5.71. The number of alkyl halides is 3. The molecule has 0 saturated carbocycles. The Morgan fingerprint density at radius 3 is 2.65 bits per heavy atom.